The van der Waals surface area contributed by atoms with E-state index in [2.05, 4.69) is 4.90 Å². The Morgan fingerprint density at radius 3 is 2.50 bits per heavy atom. The first-order valence-electron chi connectivity index (χ1n) is 10.8. The lowest BCUT2D eigenvalue weighted by Gasteiger charge is -2.35. The van der Waals surface area contributed by atoms with E-state index < -0.39 is 6.04 Å². The number of hydrogen-bond donors (Lipinski definition) is 0. The summed E-state index contributed by atoms with van der Waals surface area (Å²) in [6.45, 7) is 7.71. The highest BCUT2D eigenvalue weighted by atomic mass is 19.1. The largest absolute Gasteiger partial charge is 0.407 e. The minimum atomic E-state index is -0.696. The third kappa shape index (κ3) is 3.13. The maximum absolute atomic E-state index is 13.5. The summed E-state index contributed by atoms with van der Waals surface area (Å²) < 4.78 is 22.6. The number of fused-ring (bicyclic) bond motifs is 3. The van der Waals surface area contributed by atoms with Crippen molar-refractivity contribution in [3.63, 3.8) is 0 Å². The molecule has 2 aromatic rings. The summed E-state index contributed by atoms with van der Waals surface area (Å²) in [7, 11) is 1.65. The normalized spacial score (nSPS) is 21.1. The molecule has 9 nitrogen and oxygen atoms in total. The number of hydrogen-bond acceptors (Lipinski definition) is 5. The number of halogens is 1. The van der Waals surface area contributed by atoms with E-state index in [0.717, 1.165) is 30.2 Å². The van der Waals surface area contributed by atoms with Crippen molar-refractivity contribution in [3.05, 3.63) is 41.5 Å². The maximum atomic E-state index is 13.5. The lowest BCUT2D eigenvalue weighted by Crippen LogP contribution is -2.64. The Balaban J connectivity index is 1.50. The van der Waals surface area contributed by atoms with E-state index in [0.29, 0.717) is 38.1 Å². The van der Waals surface area contributed by atoms with Crippen LogP contribution < -0.4 is 4.57 Å². The Labute approximate surface area is 185 Å². The fourth-order valence-corrected chi connectivity index (χ4v) is 4.61. The van der Waals surface area contributed by atoms with Gasteiger partial charge in [0.25, 0.3) is 5.91 Å². The molecule has 1 aromatic carbocycles. The number of carbonyl (C=O) groups excluding carboxylic acids is 2. The van der Waals surface area contributed by atoms with E-state index in [4.69, 9.17) is 9.73 Å². The number of aromatic nitrogens is 2. The summed E-state index contributed by atoms with van der Waals surface area (Å²) in [5.41, 5.74) is 2.52. The highest BCUT2D eigenvalue weighted by Gasteiger charge is 2.54. The highest BCUT2D eigenvalue weighted by Crippen LogP contribution is 2.33. The number of imide groups is 1. The van der Waals surface area contributed by atoms with Gasteiger partial charge in [-0.2, -0.15) is 4.57 Å². The second kappa shape index (κ2) is 7.79. The first-order valence-corrected chi connectivity index (χ1v) is 10.8. The molecule has 0 saturated carbocycles. The number of amidine groups is 1. The molecule has 10 heteroatoms. The van der Waals surface area contributed by atoms with Crippen LogP contribution in [0.3, 0.4) is 0 Å². The molecule has 0 aliphatic carbocycles. The van der Waals surface area contributed by atoms with Crippen molar-refractivity contribution in [2.24, 2.45) is 4.99 Å². The molecule has 4 heterocycles. The van der Waals surface area contributed by atoms with Gasteiger partial charge in [-0.15, -0.1) is 0 Å². The van der Waals surface area contributed by atoms with Gasteiger partial charge in [0.2, 0.25) is 11.9 Å². The van der Waals surface area contributed by atoms with E-state index in [1.54, 1.807) is 19.2 Å². The summed E-state index contributed by atoms with van der Waals surface area (Å²) in [6, 6.07) is 5.07. The van der Waals surface area contributed by atoms with Gasteiger partial charge in [-0.1, -0.05) is 4.99 Å². The van der Waals surface area contributed by atoms with Crippen LogP contribution in [0, 0.1) is 19.7 Å². The number of urea groups is 1. The minimum Gasteiger partial charge on any atom is -0.379 e. The number of amides is 3. The smallest absolute Gasteiger partial charge is 0.379 e. The van der Waals surface area contributed by atoms with E-state index in [9.17, 15) is 14.0 Å². The van der Waals surface area contributed by atoms with Crippen LogP contribution in [0.25, 0.3) is 5.69 Å². The van der Waals surface area contributed by atoms with Crippen molar-refractivity contribution in [1.29, 1.82) is 0 Å². The molecule has 2 saturated heterocycles. The number of imidazole rings is 1. The van der Waals surface area contributed by atoms with Crippen LogP contribution >= 0.6 is 0 Å². The van der Waals surface area contributed by atoms with Gasteiger partial charge in [-0.25, -0.2) is 13.8 Å². The first kappa shape index (κ1) is 20.8. The molecule has 3 aliphatic rings. The number of carbonyl (C=O) groups is 2. The number of morpholine rings is 1. The van der Waals surface area contributed by atoms with E-state index in [1.807, 2.05) is 23.0 Å². The molecule has 2 fully saturated rings. The molecule has 5 rings (SSSR count). The molecule has 3 amide bonds. The zero-order valence-corrected chi connectivity index (χ0v) is 18.4. The average molecular weight is 441 g/mol. The number of benzene rings is 1. The van der Waals surface area contributed by atoms with Crippen LogP contribution in [0.5, 0.6) is 0 Å². The van der Waals surface area contributed by atoms with E-state index in [1.165, 1.54) is 21.9 Å². The van der Waals surface area contributed by atoms with Gasteiger partial charge in [-0.05, 0) is 38.1 Å². The predicted octanol–water partition coefficient (Wildman–Crippen LogP) is 1.33. The molecular formula is C22H26FN6O3+. The van der Waals surface area contributed by atoms with Crippen molar-refractivity contribution in [3.8, 4) is 5.69 Å². The molecule has 32 heavy (non-hydrogen) atoms. The maximum Gasteiger partial charge on any atom is 0.407 e. The topological polar surface area (TPSA) is 74.3 Å². The summed E-state index contributed by atoms with van der Waals surface area (Å²) in [6.07, 6.45) is 0. The fraction of sp³-hybridized carbons (Fsp3) is 0.455. The second-order valence-electron chi connectivity index (χ2n) is 8.31. The Kier molecular flexibility index (Phi) is 5.06. The van der Waals surface area contributed by atoms with Crippen LogP contribution in [0.4, 0.5) is 15.1 Å². The average Bonchev–Trinajstić information content (AvgIpc) is 3.29. The quantitative estimate of drug-likeness (QED) is 0.671. The first-order chi connectivity index (χ1) is 15.4. The number of ether oxygens (including phenoxy) is 1. The van der Waals surface area contributed by atoms with Crippen molar-refractivity contribution < 1.29 is 23.3 Å². The Morgan fingerprint density at radius 1 is 1.12 bits per heavy atom. The molecule has 0 N–H and O–H groups in total. The fourth-order valence-electron chi connectivity index (χ4n) is 4.61. The van der Waals surface area contributed by atoms with Crippen molar-refractivity contribution >= 4 is 23.7 Å². The zero-order valence-electron chi connectivity index (χ0n) is 18.4. The zero-order chi connectivity index (χ0) is 22.6. The lowest BCUT2D eigenvalue weighted by atomic mass is 10.1. The Bertz CT molecular complexity index is 1120. The van der Waals surface area contributed by atoms with Crippen molar-refractivity contribution in [1.82, 2.24) is 19.3 Å². The third-order valence-corrected chi connectivity index (χ3v) is 6.54. The lowest BCUT2D eigenvalue weighted by molar-refractivity contribution is -0.682. The van der Waals surface area contributed by atoms with Crippen LogP contribution in [0.2, 0.25) is 0 Å². The standard InChI is InChI=1S/C22H26FN6O3/c1-14-15(2)29-18-19(24-21(29)28(14)17-6-4-16(23)5-7-17)25(3)22(31)27(20(18)30)9-8-26-10-12-32-13-11-26/h4-7,18H,8-13H2,1-3H3/q+1. The van der Waals surface area contributed by atoms with Gasteiger partial charge in [-0.3, -0.25) is 19.5 Å². The highest BCUT2D eigenvalue weighted by molar-refractivity contribution is 6.19. The van der Waals surface area contributed by atoms with Crippen LogP contribution in [0.1, 0.15) is 17.4 Å². The molecule has 1 unspecified atom stereocenters. The van der Waals surface area contributed by atoms with E-state index >= 15 is 0 Å². The van der Waals surface area contributed by atoms with Gasteiger partial charge in [0.1, 0.15) is 22.9 Å². The summed E-state index contributed by atoms with van der Waals surface area (Å²) in [5.74, 6) is 0.366. The van der Waals surface area contributed by atoms with Crippen molar-refractivity contribution in [2.75, 3.05) is 46.4 Å². The van der Waals surface area contributed by atoms with Crippen LogP contribution in [0.15, 0.2) is 29.3 Å². The minimum absolute atomic E-state index is 0.275. The van der Waals surface area contributed by atoms with Gasteiger partial charge in [0, 0.05) is 33.2 Å². The molecule has 0 radical (unpaired) electrons. The molecule has 0 bridgehead atoms. The molecule has 3 aliphatic heterocycles. The number of nitrogens with zero attached hydrogens (tertiary/aromatic N) is 6. The SMILES string of the molecule is Cc1c(C)[n+]2c(n1-c1ccc(F)cc1)N=C1C2C(=O)N(CCN2CCOCC2)C(=O)N1C. The number of likely N-dealkylation sites (N-methyl/N-ethyl adjacent to an activating group) is 1. The molecule has 1 aromatic heterocycles. The summed E-state index contributed by atoms with van der Waals surface area (Å²) in [5, 5.41) is 0. The molecule has 168 valence electrons. The molecule has 1 atom stereocenters. The van der Waals surface area contributed by atoms with Crippen LogP contribution in [-0.2, 0) is 9.53 Å². The Morgan fingerprint density at radius 2 is 1.81 bits per heavy atom. The van der Waals surface area contributed by atoms with Gasteiger partial charge >= 0.3 is 12.0 Å². The van der Waals surface area contributed by atoms with Gasteiger partial charge in [0.15, 0.2) is 0 Å². The predicted molar refractivity (Wildman–Crippen MR) is 114 cm³/mol. The monoisotopic (exact) mass is 441 g/mol. The van der Waals surface area contributed by atoms with E-state index in [-0.39, 0.29) is 17.8 Å². The second-order valence-corrected chi connectivity index (χ2v) is 8.31. The van der Waals surface area contributed by atoms with Crippen LogP contribution in [-0.4, -0.2) is 83.5 Å². The Hall–Kier alpha value is -3.11. The van der Waals surface area contributed by atoms with Crippen molar-refractivity contribution in [2.45, 2.75) is 19.9 Å². The third-order valence-electron chi connectivity index (χ3n) is 6.54. The van der Waals surface area contributed by atoms with Gasteiger partial charge < -0.3 is 4.74 Å². The van der Waals surface area contributed by atoms with Gasteiger partial charge in [0.05, 0.1) is 13.2 Å². The molecular weight excluding hydrogens is 415 g/mol. The summed E-state index contributed by atoms with van der Waals surface area (Å²) in [4.78, 5) is 36.2. The summed E-state index contributed by atoms with van der Waals surface area (Å²) >= 11 is 0. The number of aliphatic imine (C=N–C) groups is 1. The molecule has 0 spiro atoms. The number of rotatable bonds is 4.